The SMILES string of the molecule is Oc1c(C(Nc2nc3ccccc3s2)c2cccc(C(F)(F)F)c2)ccc2cccnc12. The molecular formula is C24H16F3N3OS. The number of anilines is 1. The molecular weight excluding hydrogens is 435 g/mol. The first-order chi connectivity index (χ1) is 15.4. The lowest BCUT2D eigenvalue weighted by molar-refractivity contribution is -0.137. The Bertz CT molecular complexity index is 1400. The second kappa shape index (κ2) is 7.80. The summed E-state index contributed by atoms with van der Waals surface area (Å²) < 4.78 is 41.1. The van der Waals surface area contributed by atoms with Crippen LogP contribution in [-0.4, -0.2) is 15.1 Å². The van der Waals surface area contributed by atoms with Crippen molar-refractivity contribution in [2.45, 2.75) is 12.2 Å². The van der Waals surface area contributed by atoms with Crippen molar-refractivity contribution < 1.29 is 18.3 Å². The summed E-state index contributed by atoms with van der Waals surface area (Å²) in [4.78, 5) is 8.80. The van der Waals surface area contributed by atoms with Crippen LogP contribution in [0.25, 0.3) is 21.1 Å². The molecule has 0 aliphatic carbocycles. The number of aromatic nitrogens is 2. The Labute approximate surface area is 185 Å². The molecule has 32 heavy (non-hydrogen) atoms. The van der Waals surface area contributed by atoms with Crippen LogP contribution >= 0.6 is 11.3 Å². The minimum absolute atomic E-state index is 0.0841. The number of benzene rings is 3. The Morgan fingerprint density at radius 1 is 0.938 bits per heavy atom. The van der Waals surface area contributed by atoms with Crippen molar-refractivity contribution in [3.63, 3.8) is 0 Å². The van der Waals surface area contributed by atoms with Crippen LogP contribution in [0.1, 0.15) is 22.7 Å². The topological polar surface area (TPSA) is 58.0 Å². The zero-order chi connectivity index (χ0) is 22.3. The molecule has 8 heteroatoms. The lowest BCUT2D eigenvalue weighted by Gasteiger charge is -2.22. The molecule has 0 fully saturated rings. The third kappa shape index (κ3) is 3.73. The number of thiazole rings is 1. The van der Waals surface area contributed by atoms with Crippen LogP contribution in [0.4, 0.5) is 18.3 Å². The number of para-hydroxylation sites is 1. The lowest BCUT2D eigenvalue weighted by atomic mass is 9.95. The minimum Gasteiger partial charge on any atom is -0.505 e. The monoisotopic (exact) mass is 451 g/mol. The van der Waals surface area contributed by atoms with E-state index in [1.807, 2.05) is 30.3 Å². The highest BCUT2D eigenvalue weighted by Crippen LogP contribution is 2.39. The summed E-state index contributed by atoms with van der Waals surface area (Å²) in [5.74, 6) is -0.0841. The van der Waals surface area contributed by atoms with Gasteiger partial charge in [0.05, 0.1) is 21.8 Å². The Morgan fingerprint density at radius 3 is 2.59 bits per heavy atom. The number of nitrogens with one attached hydrogen (secondary N) is 1. The number of aromatic hydroxyl groups is 1. The van der Waals surface area contributed by atoms with Gasteiger partial charge in [0.25, 0.3) is 0 Å². The van der Waals surface area contributed by atoms with Crippen LogP contribution in [-0.2, 0) is 6.18 Å². The van der Waals surface area contributed by atoms with Crippen LogP contribution in [0.3, 0.4) is 0 Å². The number of hydrogen-bond acceptors (Lipinski definition) is 5. The molecule has 2 heterocycles. The van der Waals surface area contributed by atoms with Crippen molar-refractivity contribution >= 4 is 37.6 Å². The van der Waals surface area contributed by atoms with E-state index in [0.717, 1.165) is 27.7 Å². The molecule has 0 aliphatic rings. The largest absolute Gasteiger partial charge is 0.505 e. The Balaban J connectivity index is 1.66. The first kappa shape index (κ1) is 20.3. The number of fused-ring (bicyclic) bond motifs is 2. The van der Waals surface area contributed by atoms with E-state index in [0.29, 0.717) is 21.8 Å². The Hall–Kier alpha value is -3.65. The molecule has 0 aliphatic heterocycles. The Kier molecular flexibility index (Phi) is 4.94. The van der Waals surface area contributed by atoms with E-state index in [2.05, 4.69) is 15.3 Å². The number of phenolic OH excluding ortho intramolecular Hbond substituents is 1. The van der Waals surface area contributed by atoms with Gasteiger partial charge in [-0.1, -0.05) is 53.8 Å². The predicted octanol–water partition coefficient (Wildman–Crippen LogP) is 6.77. The van der Waals surface area contributed by atoms with E-state index in [9.17, 15) is 18.3 Å². The smallest absolute Gasteiger partial charge is 0.416 e. The van der Waals surface area contributed by atoms with Crippen LogP contribution in [0.15, 0.2) is 79.0 Å². The average Bonchev–Trinajstić information content (AvgIpc) is 3.20. The number of rotatable bonds is 4. The fourth-order valence-electron chi connectivity index (χ4n) is 3.67. The molecule has 0 spiro atoms. The van der Waals surface area contributed by atoms with E-state index in [4.69, 9.17) is 0 Å². The summed E-state index contributed by atoms with van der Waals surface area (Å²) in [6.07, 6.45) is -2.92. The molecule has 0 amide bonds. The molecule has 1 atom stereocenters. The maximum absolute atomic E-state index is 13.4. The van der Waals surface area contributed by atoms with Gasteiger partial charge in [0, 0.05) is 17.1 Å². The van der Waals surface area contributed by atoms with E-state index in [1.165, 1.54) is 17.4 Å². The van der Waals surface area contributed by atoms with E-state index in [1.54, 1.807) is 30.5 Å². The second-order valence-corrected chi connectivity index (χ2v) is 8.30. The lowest BCUT2D eigenvalue weighted by Crippen LogP contribution is -2.14. The summed E-state index contributed by atoms with van der Waals surface area (Å²) in [5, 5.41) is 15.5. The molecule has 4 nitrogen and oxygen atoms in total. The highest BCUT2D eigenvalue weighted by Gasteiger charge is 2.31. The summed E-state index contributed by atoms with van der Waals surface area (Å²) >= 11 is 1.39. The first-order valence-corrected chi connectivity index (χ1v) is 10.6. The molecule has 1 unspecified atom stereocenters. The number of alkyl halides is 3. The molecule has 160 valence electrons. The average molecular weight is 451 g/mol. The van der Waals surface area contributed by atoms with Gasteiger partial charge in [0.2, 0.25) is 0 Å². The van der Waals surface area contributed by atoms with Gasteiger partial charge in [-0.05, 0) is 35.9 Å². The summed E-state index contributed by atoms with van der Waals surface area (Å²) in [5.41, 5.74) is 1.17. The fourth-order valence-corrected chi connectivity index (χ4v) is 4.56. The fraction of sp³-hybridized carbons (Fsp3) is 0.0833. The first-order valence-electron chi connectivity index (χ1n) is 9.76. The molecule has 5 rings (SSSR count). The number of pyridine rings is 1. The molecule has 0 saturated heterocycles. The van der Waals surface area contributed by atoms with Crippen molar-refractivity contribution in [2.75, 3.05) is 5.32 Å². The summed E-state index contributed by atoms with van der Waals surface area (Å²) in [7, 11) is 0. The van der Waals surface area contributed by atoms with Crippen LogP contribution in [0, 0.1) is 0 Å². The predicted molar refractivity (Wildman–Crippen MR) is 120 cm³/mol. The van der Waals surface area contributed by atoms with Gasteiger partial charge in [-0.3, -0.25) is 4.98 Å². The highest BCUT2D eigenvalue weighted by atomic mass is 32.1. The quantitative estimate of drug-likeness (QED) is 0.317. The van der Waals surface area contributed by atoms with Crippen LogP contribution in [0.5, 0.6) is 5.75 Å². The van der Waals surface area contributed by atoms with Crippen molar-refractivity contribution in [3.8, 4) is 5.75 Å². The number of nitrogens with zero attached hydrogens (tertiary/aromatic N) is 2. The molecule has 2 aromatic heterocycles. The van der Waals surface area contributed by atoms with Crippen LogP contribution < -0.4 is 5.32 Å². The number of halogens is 3. The maximum atomic E-state index is 13.4. The number of phenols is 1. The van der Waals surface area contributed by atoms with E-state index < -0.39 is 17.8 Å². The number of hydrogen-bond donors (Lipinski definition) is 2. The molecule has 0 radical (unpaired) electrons. The zero-order valence-electron chi connectivity index (χ0n) is 16.5. The van der Waals surface area contributed by atoms with Gasteiger partial charge < -0.3 is 10.4 Å². The van der Waals surface area contributed by atoms with Crippen molar-refractivity contribution in [2.24, 2.45) is 0 Å². The normalized spacial score (nSPS) is 12.8. The third-order valence-electron chi connectivity index (χ3n) is 5.20. The van der Waals surface area contributed by atoms with Crippen molar-refractivity contribution in [3.05, 3.63) is 95.7 Å². The van der Waals surface area contributed by atoms with Crippen molar-refractivity contribution in [1.82, 2.24) is 9.97 Å². The van der Waals surface area contributed by atoms with Gasteiger partial charge in [-0.25, -0.2) is 4.98 Å². The zero-order valence-corrected chi connectivity index (χ0v) is 17.3. The van der Waals surface area contributed by atoms with E-state index >= 15 is 0 Å². The standard InChI is InChI=1S/C24H16F3N3OS/c25-24(26,27)16-7-3-5-15(13-16)20(30-23-29-18-8-1-2-9-19(18)32-23)17-11-10-14-6-4-12-28-21(14)22(17)31/h1-13,20,31H,(H,29,30). The van der Waals surface area contributed by atoms with Gasteiger partial charge in [-0.2, -0.15) is 13.2 Å². The second-order valence-electron chi connectivity index (χ2n) is 7.27. The van der Waals surface area contributed by atoms with E-state index in [-0.39, 0.29) is 5.75 Å². The van der Waals surface area contributed by atoms with Crippen LogP contribution in [0.2, 0.25) is 0 Å². The molecule has 0 saturated carbocycles. The molecule has 2 N–H and O–H groups in total. The molecule has 3 aromatic carbocycles. The van der Waals surface area contributed by atoms with Crippen molar-refractivity contribution in [1.29, 1.82) is 0 Å². The van der Waals surface area contributed by atoms with Gasteiger partial charge in [0.1, 0.15) is 11.3 Å². The van der Waals surface area contributed by atoms with Gasteiger partial charge in [-0.15, -0.1) is 0 Å². The summed E-state index contributed by atoms with van der Waals surface area (Å²) in [6, 6.07) is 18.9. The highest BCUT2D eigenvalue weighted by molar-refractivity contribution is 7.22. The minimum atomic E-state index is -4.48. The van der Waals surface area contributed by atoms with Gasteiger partial charge >= 0.3 is 6.18 Å². The van der Waals surface area contributed by atoms with Gasteiger partial charge in [0.15, 0.2) is 5.13 Å². The molecule has 0 bridgehead atoms. The Morgan fingerprint density at radius 2 is 1.78 bits per heavy atom. The molecule has 5 aromatic rings. The summed E-state index contributed by atoms with van der Waals surface area (Å²) in [6.45, 7) is 0. The maximum Gasteiger partial charge on any atom is 0.416 e. The third-order valence-corrected chi connectivity index (χ3v) is 6.17.